The Balaban J connectivity index is 0.000000261. The van der Waals surface area contributed by atoms with Gasteiger partial charge >= 0.3 is 12.1 Å². The second kappa shape index (κ2) is 8.48. The van der Waals surface area contributed by atoms with Gasteiger partial charge in [0.2, 0.25) is 6.10 Å². The summed E-state index contributed by atoms with van der Waals surface area (Å²) in [5, 5.41) is 17.6. The third kappa shape index (κ3) is 5.22. The smallest absolute Gasteiger partial charge is 0.430 e. The van der Waals surface area contributed by atoms with Gasteiger partial charge in [-0.3, -0.25) is 0 Å². The predicted molar refractivity (Wildman–Crippen MR) is 95.9 cm³/mol. The van der Waals surface area contributed by atoms with Crippen LogP contribution in [0.4, 0.5) is 22.0 Å². The van der Waals surface area contributed by atoms with Gasteiger partial charge in [0.1, 0.15) is 23.1 Å². The monoisotopic (exact) mass is 530 g/mol. The molecule has 0 aliphatic carbocycles. The van der Waals surface area contributed by atoms with Crippen molar-refractivity contribution < 1.29 is 41.7 Å². The Hall–Kier alpha value is -2.14. The molecule has 1 heterocycles. The fourth-order valence-electron chi connectivity index (χ4n) is 2.13. The number of fused-ring (bicyclic) bond motifs is 1. The number of carbonyl (C=O) groups is 1. The first-order chi connectivity index (χ1) is 12.9. The minimum absolute atomic E-state index is 0.0163. The van der Waals surface area contributed by atoms with Crippen molar-refractivity contribution in [1.82, 2.24) is 0 Å². The zero-order valence-electron chi connectivity index (χ0n) is 13.4. The number of halogens is 7. The molecule has 1 atom stereocenters. The normalized spacial score (nSPS) is 15.5. The quantitative estimate of drug-likeness (QED) is 0.465. The highest BCUT2D eigenvalue weighted by molar-refractivity contribution is 9.10. The zero-order valence-corrected chi connectivity index (χ0v) is 16.6. The van der Waals surface area contributed by atoms with E-state index in [0.29, 0.717) is 4.47 Å². The molecule has 2 aromatic carbocycles. The minimum atomic E-state index is -4.88. The Bertz CT molecular complexity index is 944. The summed E-state index contributed by atoms with van der Waals surface area (Å²) in [5.74, 6) is -3.04. The molecule has 0 fully saturated rings. The molecule has 0 spiro atoms. The number of carboxylic acid groups (broad SMARTS) is 1. The molecule has 150 valence electrons. The topological polar surface area (TPSA) is 66.8 Å². The number of aliphatic carboxylic acids is 1. The maximum Gasteiger partial charge on any atom is 0.430 e. The lowest BCUT2D eigenvalue weighted by atomic mass is 10.0. The summed E-state index contributed by atoms with van der Waals surface area (Å²) in [5.41, 5.74) is -1.05. The second-order valence-corrected chi connectivity index (χ2v) is 7.05. The third-order valence-electron chi connectivity index (χ3n) is 3.32. The number of benzene rings is 2. The van der Waals surface area contributed by atoms with Crippen LogP contribution in [0.15, 0.2) is 44.9 Å². The van der Waals surface area contributed by atoms with Crippen molar-refractivity contribution in [2.75, 3.05) is 0 Å². The molecule has 0 saturated carbocycles. The molecule has 2 N–H and O–H groups in total. The number of ether oxygens (including phenoxy) is 1. The maximum absolute atomic E-state index is 13.1. The molecule has 11 heteroatoms. The summed E-state index contributed by atoms with van der Waals surface area (Å²) in [4.78, 5) is 10.8. The molecule has 0 aromatic heterocycles. The summed E-state index contributed by atoms with van der Waals surface area (Å²) in [6.07, 6.45) is -6.71. The van der Waals surface area contributed by atoms with E-state index in [2.05, 4.69) is 36.6 Å². The first-order valence-electron chi connectivity index (χ1n) is 7.21. The van der Waals surface area contributed by atoms with Crippen molar-refractivity contribution in [3.05, 3.63) is 62.0 Å². The number of carboxylic acids is 1. The number of phenols is 1. The summed E-state index contributed by atoms with van der Waals surface area (Å²) >= 11 is 5.83. The van der Waals surface area contributed by atoms with E-state index in [1.54, 1.807) is 0 Å². The highest BCUT2D eigenvalue weighted by atomic mass is 79.9. The van der Waals surface area contributed by atoms with Gasteiger partial charge in [-0.05, 0) is 68.3 Å². The fourth-order valence-corrected chi connectivity index (χ4v) is 3.03. The van der Waals surface area contributed by atoms with Gasteiger partial charge in [0, 0.05) is 5.56 Å². The lowest BCUT2D eigenvalue weighted by Crippen LogP contribution is -2.40. The van der Waals surface area contributed by atoms with Crippen molar-refractivity contribution in [3.63, 3.8) is 0 Å². The number of aromatic hydroxyl groups is 1. The van der Waals surface area contributed by atoms with E-state index in [4.69, 9.17) is 10.2 Å². The predicted octanol–water partition coefficient (Wildman–Crippen LogP) is 5.67. The molecule has 1 aliphatic heterocycles. The van der Waals surface area contributed by atoms with Crippen LogP contribution in [-0.2, 0) is 4.79 Å². The molecule has 0 bridgehead atoms. The Morgan fingerprint density at radius 1 is 1.04 bits per heavy atom. The summed E-state index contributed by atoms with van der Waals surface area (Å²) in [7, 11) is 0. The van der Waals surface area contributed by atoms with Gasteiger partial charge in [-0.1, -0.05) is 0 Å². The Morgan fingerprint density at radius 3 is 2.14 bits per heavy atom. The first kappa shape index (κ1) is 22.2. The lowest BCUT2D eigenvalue weighted by Gasteiger charge is -2.27. The lowest BCUT2D eigenvalue weighted by molar-refractivity contribution is -0.187. The summed E-state index contributed by atoms with van der Waals surface area (Å²) < 4.78 is 68.6. The Kier molecular flexibility index (Phi) is 6.71. The van der Waals surface area contributed by atoms with Gasteiger partial charge in [-0.25, -0.2) is 13.6 Å². The number of hydrogen-bond donors (Lipinski definition) is 2. The number of alkyl halides is 3. The molecule has 1 aliphatic rings. The molecule has 1 unspecified atom stereocenters. The van der Waals surface area contributed by atoms with Crippen molar-refractivity contribution in [1.29, 1.82) is 0 Å². The fraction of sp³-hybridized carbons (Fsp3) is 0.118. The Labute approximate surface area is 171 Å². The molecule has 3 rings (SSSR count). The molecule has 2 aromatic rings. The van der Waals surface area contributed by atoms with E-state index < -0.39 is 29.6 Å². The second-order valence-electron chi connectivity index (χ2n) is 5.35. The van der Waals surface area contributed by atoms with Gasteiger partial charge in [-0.15, -0.1) is 0 Å². The van der Waals surface area contributed by atoms with E-state index in [9.17, 15) is 26.7 Å². The van der Waals surface area contributed by atoms with Crippen molar-refractivity contribution in [2.45, 2.75) is 12.3 Å². The van der Waals surface area contributed by atoms with Crippen LogP contribution in [0.1, 0.15) is 5.56 Å². The number of phenolic OH excluding ortho intramolecular Hbond substituents is 1. The molecular formula is C17H9Br2F5O4. The average Bonchev–Trinajstić information content (AvgIpc) is 2.57. The van der Waals surface area contributed by atoms with Crippen LogP contribution in [0.5, 0.6) is 11.5 Å². The van der Waals surface area contributed by atoms with E-state index >= 15 is 0 Å². The van der Waals surface area contributed by atoms with E-state index in [0.717, 1.165) is 18.2 Å². The standard InChI is InChI=1S/C11H5BrF4O3.C6H4BrFO/c12-7-3-5(13)1-4-2-6(10(17)18)9(11(14,15)16)19-8(4)7;7-5-3-4(8)1-2-6(5)9/h1-3,9H,(H,17,18);1-3,9H. The van der Waals surface area contributed by atoms with E-state index in [-0.39, 0.29) is 27.4 Å². The third-order valence-corrected chi connectivity index (χ3v) is 4.54. The molecule has 4 nitrogen and oxygen atoms in total. The maximum atomic E-state index is 13.1. The molecule has 28 heavy (non-hydrogen) atoms. The van der Waals surface area contributed by atoms with Crippen molar-refractivity contribution in [3.8, 4) is 11.5 Å². The van der Waals surface area contributed by atoms with Crippen LogP contribution in [-0.4, -0.2) is 28.5 Å². The molecule has 0 radical (unpaired) electrons. The van der Waals surface area contributed by atoms with E-state index in [1.165, 1.54) is 18.2 Å². The first-order valence-corrected chi connectivity index (χ1v) is 8.80. The van der Waals surface area contributed by atoms with Gasteiger partial charge in [0.15, 0.2) is 0 Å². The summed E-state index contributed by atoms with van der Waals surface area (Å²) in [6, 6.07) is 5.52. The van der Waals surface area contributed by atoms with Crippen LogP contribution in [0.2, 0.25) is 0 Å². The average molecular weight is 532 g/mol. The minimum Gasteiger partial charge on any atom is -0.507 e. The highest BCUT2D eigenvalue weighted by Gasteiger charge is 2.48. The largest absolute Gasteiger partial charge is 0.507 e. The van der Waals surface area contributed by atoms with Crippen molar-refractivity contribution >= 4 is 43.9 Å². The molecular weight excluding hydrogens is 523 g/mol. The van der Waals surface area contributed by atoms with Gasteiger partial charge < -0.3 is 14.9 Å². The zero-order chi connectivity index (χ0) is 21.2. The van der Waals surface area contributed by atoms with Gasteiger partial charge in [0.05, 0.1) is 14.5 Å². The number of rotatable bonds is 1. The highest BCUT2D eigenvalue weighted by Crippen LogP contribution is 2.41. The van der Waals surface area contributed by atoms with Crippen LogP contribution in [0, 0.1) is 11.6 Å². The number of hydrogen-bond acceptors (Lipinski definition) is 3. The summed E-state index contributed by atoms with van der Waals surface area (Å²) in [6.45, 7) is 0. The van der Waals surface area contributed by atoms with Crippen LogP contribution >= 0.6 is 31.9 Å². The van der Waals surface area contributed by atoms with Gasteiger partial charge in [0.25, 0.3) is 0 Å². The van der Waals surface area contributed by atoms with Gasteiger partial charge in [-0.2, -0.15) is 13.2 Å². The van der Waals surface area contributed by atoms with Crippen LogP contribution in [0.3, 0.4) is 0 Å². The van der Waals surface area contributed by atoms with E-state index in [1.807, 2.05) is 0 Å². The Morgan fingerprint density at radius 2 is 1.64 bits per heavy atom. The molecule has 0 saturated heterocycles. The SMILES string of the molecule is O=C(O)C1=Cc2cc(F)cc(Br)c2OC1C(F)(F)F.Oc1ccc(F)cc1Br. The van der Waals surface area contributed by atoms with Crippen LogP contribution < -0.4 is 4.74 Å². The van der Waals surface area contributed by atoms with Crippen LogP contribution in [0.25, 0.3) is 6.08 Å². The molecule has 0 amide bonds. The van der Waals surface area contributed by atoms with Crippen molar-refractivity contribution in [2.24, 2.45) is 0 Å².